The number of rotatable bonds is 1. The molecule has 17 heavy (non-hydrogen) atoms. The molecular weight excluding hydrogens is 232 g/mol. The second-order valence-corrected chi connectivity index (χ2v) is 4.35. The third kappa shape index (κ3) is 1.61. The summed E-state index contributed by atoms with van der Waals surface area (Å²) in [6, 6.07) is 14.3. The number of hydrogen-bond acceptors (Lipinski definition) is 1. The van der Waals surface area contributed by atoms with E-state index in [9.17, 15) is 0 Å². The van der Waals surface area contributed by atoms with Gasteiger partial charge in [0.2, 0.25) is 0 Å². The van der Waals surface area contributed by atoms with Gasteiger partial charge in [-0.15, -0.1) is 0 Å². The van der Waals surface area contributed by atoms with Crippen LogP contribution < -0.4 is 0 Å². The molecule has 2 aromatic heterocycles. The maximum atomic E-state index is 6.11. The molecular formula is C14H11ClN2. The van der Waals surface area contributed by atoms with E-state index in [1.165, 1.54) is 5.56 Å². The first-order valence-electron chi connectivity index (χ1n) is 5.43. The van der Waals surface area contributed by atoms with Crippen molar-refractivity contribution in [1.29, 1.82) is 0 Å². The zero-order valence-corrected chi connectivity index (χ0v) is 10.1. The Morgan fingerprint density at radius 2 is 1.88 bits per heavy atom. The Kier molecular flexibility index (Phi) is 2.37. The molecule has 0 amide bonds. The van der Waals surface area contributed by atoms with Crippen LogP contribution in [0.3, 0.4) is 0 Å². The summed E-state index contributed by atoms with van der Waals surface area (Å²) in [6.45, 7) is 0. The number of fused-ring (bicyclic) bond motifs is 1. The maximum absolute atomic E-state index is 6.11. The fourth-order valence-electron chi connectivity index (χ4n) is 2.11. The lowest BCUT2D eigenvalue weighted by molar-refractivity contribution is 0.977. The van der Waals surface area contributed by atoms with Crippen molar-refractivity contribution in [3.63, 3.8) is 0 Å². The summed E-state index contributed by atoms with van der Waals surface area (Å²) in [4.78, 5) is 4.11. The van der Waals surface area contributed by atoms with Crippen LogP contribution in [0.1, 0.15) is 0 Å². The first-order chi connectivity index (χ1) is 8.27. The largest absolute Gasteiger partial charge is 0.343 e. The molecule has 2 heterocycles. The average Bonchev–Trinajstić information content (AvgIpc) is 2.70. The maximum Gasteiger partial charge on any atom is 0.138 e. The van der Waals surface area contributed by atoms with Crippen molar-refractivity contribution in [3.05, 3.63) is 53.8 Å². The molecule has 2 nitrogen and oxygen atoms in total. The highest BCUT2D eigenvalue weighted by Gasteiger charge is 2.09. The van der Waals surface area contributed by atoms with E-state index >= 15 is 0 Å². The standard InChI is InChI=1S/C14H11ClN2/c1-17-12-7-8-16-14(15)11(12)9-13(17)10-5-3-2-4-6-10/h2-9H,1H3. The van der Waals surface area contributed by atoms with Gasteiger partial charge in [-0.1, -0.05) is 41.9 Å². The zero-order valence-electron chi connectivity index (χ0n) is 9.39. The topological polar surface area (TPSA) is 17.8 Å². The molecule has 0 aliphatic heterocycles. The fraction of sp³-hybridized carbons (Fsp3) is 0.0714. The molecule has 3 rings (SSSR count). The van der Waals surface area contributed by atoms with Gasteiger partial charge in [0.25, 0.3) is 0 Å². The van der Waals surface area contributed by atoms with E-state index < -0.39 is 0 Å². The lowest BCUT2D eigenvalue weighted by Crippen LogP contribution is -1.90. The summed E-state index contributed by atoms with van der Waals surface area (Å²) >= 11 is 6.11. The molecule has 0 saturated carbocycles. The van der Waals surface area contributed by atoms with Gasteiger partial charge in [-0.2, -0.15) is 0 Å². The van der Waals surface area contributed by atoms with E-state index in [-0.39, 0.29) is 0 Å². The Morgan fingerprint density at radius 3 is 2.59 bits per heavy atom. The Labute approximate surface area is 104 Å². The Morgan fingerprint density at radius 1 is 1.12 bits per heavy atom. The van der Waals surface area contributed by atoms with Crippen molar-refractivity contribution in [3.8, 4) is 11.3 Å². The predicted molar refractivity (Wildman–Crippen MR) is 71.2 cm³/mol. The van der Waals surface area contributed by atoms with E-state index in [1.807, 2.05) is 31.3 Å². The Bertz CT molecular complexity index is 671. The van der Waals surface area contributed by atoms with Crippen molar-refractivity contribution in [1.82, 2.24) is 9.55 Å². The summed E-state index contributed by atoms with van der Waals surface area (Å²) < 4.78 is 2.14. The van der Waals surface area contributed by atoms with Crippen LogP contribution >= 0.6 is 11.6 Å². The second-order valence-electron chi connectivity index (χ2n) is 3.99. The van der Waals surface area contributed by atoms with E-state index in [1.54, 1.807) is 6.20 Å². The second kappa shape index (κ2) is 3.90. The highest BCUT2D eigenvalue weighted by molar-refractivity contribution is 6.34. The van der Waals surface area contributed by atoms with Gasteiger partial charge < -0.3 is 4.57 Å². The summed E-state index contributed by atoms with van der Waals surface area (Å²) in [7, 11) is 2.04. The van der Waals surface area contributed by atoms with Crippen molar-refractivity contribution >= 4 is 22.5 Å². The van der Waals surface area contributed by atoms with Crippen LogP contribution in [0.15, 0.2) is 48.7 Å². The third-order valence-electron chi connectivity index (χ3n) is 2.99. The first-order valence-corrected chi connectivity index (χ1v) is 5.80. The van der Waals surface area contributed by atoms with Crippen LogP contribution in [0, 0.1) is 0 Å². The third-order valence-corrected chi connectivity index (χ3v) is 3.29. The molecule has 3 aromatic rings. The van der Waals surface area contributed by atoms with Gasteiger partial charge in [-0.05, 0) is 17.7 Å². The van der Waals surface area contributed by atoms with Gasteiger partial charge in [0.1, 0.15) is 5.15 Å². The van der Waals surface area contributed by atoms with Gasteiger partial charge in [0.15, 0.2) is 0 Å². The molecule has 0 atom stereocenters. The fourth-order valence-corrected chi connectivity index (χ4v) is 2.32. The molecule has 0 N–H and O–H groups in total. The minimum atomic E-state index is 0.556. The van der Waals surface area contributed by atoms with Crippen molar-refractivity contribution in [2.75, 3.05) is 0 Å². The molecule has 0 aliphatic rings. The van der Waals surface area contributed by atoms with E-state index in [2.05, 4.69) is 27.8 Å². The lowest BCUT2D eigenvalue weighted by Gasteiger charge is -2.03. The van der Waals surface area contributed by atoms with Gasteiger partial charge in [0.05, 0.1) is 5.52 Å². The SMILES string of the molecule is Cn1c(-c2ccccc2)cc2c(Cl)nccc21. The van der Waals surface area contributed by atoms with Gasteiger partial charge in [-0.3, -0.25) is 0 Å². The van der Waals surface area contributed by atoms with Gasteiger partial charge in [-0.25, -0.2) is 4.98 Å². The molecule has 84 valence electrons. The number of hydrogen-bond donors (Lipinski definition) is 0. The quantitative estimate of drug-likeness (QED) is 0.592. The van der Waals surface area contributed by atoms with Crippen molar-refractivity contribution in [2.45, 2.75) is 0 Å². The molecule has 0 bridgehead atoms. The van der Waals surface area contributed by atoms with Crippen LogP contribution in [0.5, 0.6) is 0 Å². The van der Waals surface area contributed by atoms with Crippen LogP contribution in [0.2, 0.25) is 5.15 Å². The molecule has 3 heteroatoms. The van der Waals surface area contributed by atoms with Crippen molar-refractivity contribution in [2.24, 2.45) is 7.05 Å². The highest BCUT2D eigenvalue weighted by atomic mass is 35.5. The Balaban J connectivity index is 2.32. The number of pyridine rings is 1. The molecule has 0 unspecified atom stereocenters. The van der Waals surface area contributed by atoms with Crippen molar-refractivity contribution < 1.29 is 0 Å². The predicted octanol–water partition coefficient (Wildman–Crippen LogP) is 3.89. The monoisotopic (exact) mass is 242 g/mol. The minimum absolute atomic E-state index is 0.556. The lowest BCUT2D eigenvalue weighted by atomic mass is 10.1. The number of halogens is 1. The molecule has 0 radical (unpaired) electrons. The Hall–Kier alpha value is -1.80. The molecule has 0 fully saturated rings. The van der Waals surface area contributed by atoms with E-state index in [4.69, 9.17) is 11.6 Å². The van der Waals surface area contributed by atoms with E-state index in [0.717, 1.165) is 16.6 Å². The van der Waals surface area contributed by atoms with Crippen LogP contribution in [0.4, 0.5) is 0 Å². The molecule has 0 spiro atoms. The van der Waals surface area contributed by atoms with E-state index in [0.29, 0.717) is 5.15 Å². The van der Waals surface area contributed by atoms with Gasteiger partial charge in [0, 0.05) is 24.3 Å². The molecule has 1 aromatic carbocycles. The van der Waals surface area contributed by atoms with Crippen LogP contribution in [0.25, 0.3) is 22.2 Å². The summed E-state index contributed by atoms with van der Waals surface area (Å²) in [5, 5.41) is 1.55. The summed E-state index contributed by atoms with van der Waals surface area (Å²) in [5.41, 5.74) is 3.43. The van der Waals surface area contributed by atoms with Crippen LogP contribution in [-0.2, 0) is 7.05 Å². The number of aromatic nitrogens is 2. The molecule has 0 saturated heterocycles. The summed E-state index contributed by atoms with van der Waals surface area (Å²) in [6.07, 6.45) is 1.74. The zero-order chi connectivity index (χ0) is 11.8. The number of benzene rings is 1. The first kappa shape index (κ1) is 10.4. The average molecular weight is 243 g/mol. The minimum Gasteiger partial charge on any atom is -0.343 e. The number of aryl methyl sites for hydroxylation is 1. The van der Waals surface area contributed by atoms with Gasteiger partial charge >= 0.3 is 0 Å². The smallest absolute Gasteiger partial charge is 0.138 e. The summed E-state index contributed by atoms with van der Waals surface area (Å²) in [5.74, 6) is 0. The number of nitrogens with zero attached hydrogens (tertiary/aromatic N) is 2. The molecule has 0 aliphatic carbocycles. The normalized spacial score (nSPS) is 10.9. The highest BCUT2D eigenvalue weighted by Crippen LogP contribution is 2.29. The van der Waals surface area contributed by atoms with Crippen LogP contribution in [-0.4, -0.2) is 9.55 Å².